The normalized spacial score (nSPS) is 14.8. The van der Waals surface area contributed by atoms with Crippen molar-refractivity contribution < 1.29 is 14.3 Å². The number of nitrogen functional groups attached to an aromatic ring is 1. The molecule has 1 atom stereocenters. The van der Waals surface area contributed by atoms with Gasteiger partial charge in [0.05, 0.1) is 24.0 Å². The Hall–Kier alpha value is -2.29. The number of alkyl halides is 4. The smallest absolute Gasteiger partial charge is 0.413 e. The number of aliphatic imine (C=N–C) groups is 1. The summed E-state index contributed by atoms with van der Waals surface area (Å²) in [7, 11) is 0. The van der Waals surface area contributed by atoms with Gasteiger partial charge in [0.25, 0.3) is 0 Å². The van der Waals surface area contributed by atoms with Gasteiger partial charge in [0, 0.05) is 6.07 Å². The van der Waals surface area contributed by atoms with Gasteiger partial charge in [-0.1, -0.05) is 65.1 Å². The van der Waals surface area contributed by atoms with Gasteiger partial charge in [-0.25, -0.2) is 19.2 Å². The Balaban J connectivity index is 0.000000687. The fourth-order valence-electron chi connectivity index (χ4n) is 2.74. The van der Waals surface area contributed by atoms with Crippen molar-refractivity contribution >= 4 is 69.6 Å². The Morgan fingerprint density at radius 1 is 1.34 bits per heavy atom. The maximum atomic E-state index is 12.6. The van der Waals surface area contributed by atoms with Crippen molar-refractivity contribution in [1.82, 2.24) is 4.98 Å². The van der Waals surface area contributed by atoms with E-state index in [4.69, 9.17) is 40.5 Å². The summed E-state index contributed by atoms with van der Waals surface area (Å²) in [5, 5.41) is 12.5. The standard InChI is InChI=1S/C17H18FN5O2.CHCl3/c1-10-14(11-5-3-2-4-6-11)22-15-12(20-10)9-13(21-16(15)19)23(8-7-18)17(24)25;2-1(3)4/h2-6,9-10,20H,7-8H2,1H3,(H2,19,21)(H,24,25);1H. The van der Waals surface area contributed by atoms with E-state index in [9.17, 15) is 14.3 Å². The number of hydrogen-bond donors (Lipinski definition) is 3. The van der Waals surface area contributed by atoms with Crippen molar-refractivity contribution in [3.8, 4) is 0 Å². The van der Waals surface area contributed by atoms with E-state index in [0.717, 1.165) is 16.2 Å². The molecule has 0 aliphatic carbocycles. The summed E-state index contributed by atoms with van der Waals surface area (Å²) in [4.78, 5) is 20.8. The molecule has 1 aromatic carbocycles. The van der Waals surface area contributed by atoms with Gasteiger partial charge < -0.3 is 16.2 Å². The minimum atomic E-state index is -1.29. The van der Waals surface area contributed by atoms with Crippen LogP contribution in [0.3, 0.4) is 0 Å². The monoisotopic (exact) mass is 461 g/mol. The molecular formula is C18H19Cl3FN5O2. The molecule has 0 bridgehead atoms. The molecule has 1 amide bonds. The lowest BCUT2D eigenvalue weighted by molar-refractivity contribution is 0.201. The zero-order valence-electron chi connectivity index (χ0n) is 15.3. The summed E-state index contributed by atoms with van der Waals surface area (Å²) in [6.07, 6.45) is -1.29. The fraction of sp³-hybridized carbons (Fsp3) is 0.278. The molecule has 4 N–H and O–H groups in total. The highest BCUT2D eigenvalue weighted by molar-refractivity contribution is 6.63. The lowest BCUT2D eigenvalue weighted by Crippen LogP contribution is -2.33. The van der Waals surface area contributed by atoms with Crippen molar-refractivity contribution in [2.24, 2.45) is 4.99 Å². The van der Waals surface area contributed by atoms with E-state index in [2.05, 4.69) is 15.3 Å². The number of benzene rings is 1. The molecular weight excluding hydrogens is 444 g/mol. The van der Waals surface area contributed by atoms with E-state index in [1.165, 1.54) is 6.07 Å². The van der Waals surface area contributed by atoms with Gasteiger partial charge in [0.15, 0.2) is 10.1 Å². The number of anilines is 3. The van der Waals surface area contributed by atoms with Gasteiger partial charge in [-0.05, 0) is 12.5 Å². The maximum absolute atomic E-state index is 12.6. The summed E-state index contributed by atoms with van der Waals surface area (Å²) in [6, 6.07) is 11.1. The number of amides is 1. The van der Waals surface area contributed by atoms with Crippen LogP contribution in [0.1, 0.15) is 12.5 Å². The molecule has 2 aromatic rings. The highest BCUT2D eigenvalue weighted by Crippen LogP contribution is 2.38. The van der Waals surface area contributed by atoms with Gasteiger partial charge in [-0.15, -0.1) is 0 Å². The highest BCUT2D eigenvalue weighted by Gasteiger charge is 2.25. The lowest BCUT2D eigenvalue weighted by Gasteiger charge is -2.26. The fourth-order valence-corrected chi connectivity index (χ4v) is 2.74. The van der Waals surface area contributed by atoms with E-state index in [1.807, 2.05) is 37.3 Å². The predicted molar refractivity (Wildman–Crippen MR) is 117 cm³/mol. The molecule has 11 heteroatoms. The van der Waals surface area contributed by atoms with Crippen LogP contribution in [0, 0.1) is 0 Å². The number of nitrogens with one attached hydrogen (secondary N) is 1. The molecule has 1 aliphatic rings. The van der Waals surface area contributed by atoms with Crippen LogP contribution in [0.2, 0.25) is 0 Å². The Kier molecular flexibility index (Phi) is 8.31. The topological polar surface area (TPSA) is 104 Å². The van der Waals surface area contributed by atoms with Crippen LogP contribution >= 0.6 is 34.8 Å². The summed E-state index contributed by atoms with van der Waals surface area (Å²) < 4.78 is 11.9. The third kappa shape index (κ3) is 6.09. The van der Waals surface area contributed by atoms with Crippen LogP contribution in [-0.4, -0.2) is 45.5 Å². The third-order valence-corrected chi connectivity index (χ3v) is 3.91. The summed E-state index contributed by atoms with van der Waals surface area (Å²) in [5.41, 5.74) is 8.78. The second kappa shape index (κ2) is 10.5. The summed E-state index contributed by atoms with van der Waals surface area (Å²) >= 11 is 14.4. The number of pyridine rings is 1. The zero-order chi connectivity index (χ0) is 21.6. The molecule has 1 aliphatic heterocycles. The number of halogens is 4. The van der Waals surface area contributed by atoms with Crippen LogP contribution in [0.15, 0.2) is 41.4 Å². The van der Waals surface area contributed by atoms with Crippen LogP contribution in [0.4, 0.5) is 32.2 Å². The Bertz CT molecular complexity index is 881. The Morgan fingerprint density at radius 3 is 2.52 bits per heavy atom. The van der Waals surface area contributed by atoms with Gasteiger partial charge in [0.1, 0.15) is 18.2 Å². The molecule has 1 aromatic heterocycles. The quantitative estimate of drug-likeness (QED) is 0.552. The maximum Gasteiger partial charge on any atom is 0.413 e. The van der Waals surface area contributed by atoms with E-state index >= 15 is 0 Å². The first-order chi connectivity index (χ1) is 13.7. The van der Waals surface area contributed by atoms with Crippen LogP contribution in [0.25, 0.3) is 0 Å². The highest BCUT2D eigenvalue weighted by atomic mass is 35.6. The van der Waals surface area contributed by atoms with E-state index < -0.39 is 17.1 Å². The zero-order valence-corrected chi connectivity index (χ0v) is 17.6. The molecule has 0 fully saturated rings. The Morgan fingerprint density at radius 2 is 1.97 bits per heavy atom. The van der Waals surface area contributed by atoms with Gasteiger partial charge >= 0.3 is 6.09 Å². The number of fused-ring (bicyclic) bond motifs is 1. The molecule has 0 saturated heterocycles. The summed E-state index contributed by atoms with van der Waals surface area (Å²) in [6.45, 7) is 0.821. The molecule has 2 heterocycles. The number of rotatable bonds is 4. The van der Waals surface area contributed by atoms with E-state index in [1.54, 1.807) is 0 Å². The van der Waals surface area contributed by atoms with Crippen LogP contribution in [0.5, 0.6) is 0 Å². The summed E-state index contributed by atoms with van der Waals surface area (Å²) in [5.74, 6) is 0.157. The van der Waals surface area contributed by atoms with Gasteiger partial charge in [-0.3, -0.25) is 4.90 Å². The molecule has 0 spiro atoms. The number of nitrogens with two attached hydrogens (primary N) is 1. The molecule has 3 rings (SSSR count). The van der Waals surface area contributed by atoms with Crippen molar-refractivity contribution in [3.63, 3.8) is 0 Å². The van der Waals surface area contributed by atoms with Crippen molar-refractivity contribution in [1.29, 1.82) is 0 Å². The molecule has 0 radical (unpaired) electrons. The number of nitrogens with zero attached hydrogens (tertiary/aromatic N) is 3. The molecule has 156 valence electrons. The van der Waals surface area contributed by atoms with E-state index in [-0.39, 0.29) is 24.2 Å². The number of aromatic nitrogens is 1. The number of hydrogen-bond acceptors (Lipinski definition) is 5. The molecule has 29 heavy (non-hydrogen) atoms. The minimum Gasteiger partial charge on any atom is -0.465 e. The van der Waals surface area contributed by atoms with Crippen molar-refractivity contribution in [2.75, 3.05) is 29.2 Å². The molecule has 0 saturated carbocycles. The van der Waals surface area contributed by atoms with Crippen molar-refractivity contribution in [3.05, 3.63) is 42.0 Å². The van der Waals surface area contributed by atoms with Gasteiger partial charge in [0.2, 0.25) is 0 Å². The van der Waals surface area contributed by atoms with Gasteiger partial charge in [-0.2, -0.15) is 0 Å². The molecule has 1 unspecified atom stereocenters. The number of carbonyl (C=O) groups is 1. The third-order valence-electron chi connectivity index (χ3n) is 3.91. The number of carboxylic acid groups (broad SMARTS) is 1. The first-order valence-electron chi connectivity index (χ1n) is 8.44. The molecule has 7 nitrogen and oxygen atoms in total. The average Bonchev–Trinajstić information content (AvgIpc) is 2.65. The first kappa shape index (κ1) is 23.0. The second-order valence-corrected chi connectivity index (χ2v) is 7.84. The SMILES string of the molecule is CC1Nc2cc(N(CCF)C(=O)O)nc(N)c2N=C1c1ccccc1.ClC(Cl)Cl. The minimum absolute atomic E-state index is 0.0689. The Labute approximate surface area is 182 Å². The van der Waals surface area contributed by atoms with Crippen LogP contribution < -0.4 is 16.0 Å². The van der Waals surface area contributed by atoms with Crippen molar-refractivity contribution in [2.45, 2.75) is 17.3 Å². The van der Waals surface area contributed by atoms with E-state index in [0.29, 0.717) is 11.4 Å². The van der Waals surface area contributed by atoms with Crippen LogP contribution in [-0.2, 0) is 0 Å². The average molecular weight is 463 g/mol. The second-order valence-electron chi connectivity index (χ2n) is 5.86. The predicted octanol–water partition coefficient (Wildman–Crippen LogP) is 5.04. The first-order valence-corrected chi connectivity index (χ1v) is 9.75. The largest absolute Gasteiger partial charge is 0.465 e. The lowest BCUT2D eigenvalue weighted by atomic mass is 10.0.